The molecule has 136 valence electrons. The number of nitrogens with zero attached hydrogens (tertiary/aromatic N) is 2. The van der Waals surface area contributed by atoms with E-state index < -0.39 is 11.2 Å². The molecule has 0 aromatic heterocycles. The largest absolute Gasteiger partial charge is 0.354 e. The van der Waals surface area contributed by atoms with Gasteiger partial charge in [-0.15, -0.1) is 0 Å². The number of para-hydroxylation sites is 1. The molecule has 1 saturated heterocycles. The first kappa shape index (κ1) is 18.7. The highest BCUT2D eigenvalue weighted by molar-refractivity contribution is 8.05. The Bertz CT molecular complexity index is 930. The maximum absolute atomic E-state index is 13.1. The Balaban J connectivity index is 2.02. The minimum absolute atomic E-state index is 0.0499. The Hall–Kier alpha value is -3.04. The maximum atomic E-state index is 13.1. The van der Waals surface area contributed by atoms with Crippen LogP contribution in [0.3, 0.4) is 0 Å². The molecule has 5 nitrogen and oxygen atoms in total. The standard InChI is InChI=1S/C21H19N3O2S/c1-14-8-10-15(11-9-14)12-18-20(26)24(16-6-4-3-5-7-16)21(27-18)17(13-22)19(25)23-2/h3-11,18H,12H2,1-2H3,(H,23,25)/b21-17+/t18-/m0/s1. The SMILES string of the molecule is CNC(=O)/C(C#N)=C1/S[C@@H](Cc2ccc(C)cc2)C(=O)N1c1ccccc1. The Morgan fingerprint density at radius 3 is 2.44 bits per heavy atom. The first-order chi connectivity index (χ1) is 13.0. The molecule has 3 rings (SSSR count). The maximum Gasteiger partial charge on any atom is 0.264 e. The third-order valence-electron chi connectivity index (χ3n) is 4.29. The number of thioether (sulfide) groups is 1. The molecule has 1 aliphatic rings. The lowest BCUT2D eigenvalue weighted by molar-refractivity contribution is -0.117. The molecule has 2 aromatic carbocycles. The summed E-state index contributed by atoms with van der Waals surface area (Å²) < 4.78 is 0. The predicted molar refractivity (Wildman–Crippen MR) is 107 cm³/mol. The summed E-state index contributed by atoms with van der Waals surface area (Å²) in [7, 11) is 1.47. The van der Waals surface area contributed by atoms with Gasteiger partial charge in [-0.2, -0.15) is 5.26 Å². The number of carbonyl (C=O) groups excluding carboxylic acids is 2. The summed E-state index contributed by atoms with van der Waals surface area (Å²) in [5.74, 6) is -0.622. The van der Waals surface area contributed by atoms with Crippen LogP contribution in [0.1, 0.15) is 11.1 Å². The number of nitrogens with one attached hydrogen (secondary N) is 1. The first-order valence-corrected chi connectivity index (χ1v) is 9.40. The summed E-state index contributed by atoms with van der Waals surface area (Å²) in [4.78, 5) is 26.8. The normalized spacial score (nSPS) is 18.2. The van der Waals surface area contributed by atoms with Crippen molar-refractivity contribution in [3.8, 4) is 6.07 Å². The number of hydrogen-bond donors (Lipinski definition) is 1. The molecular formula is C21H19N3O2S. The van der Waals surface area contributed by atoms with Gasteiger partial charge in [0.2, 0.25) is 5.91 Å². The molecule has 0 spiro atoms. The van der Waals surface area contributed by atoms with Crippen LogP contribution in [0.4, 0.5) is 5.69 Å². The zero-order valence-electron chi connectivity index (χ0n) is 15.1. The zero-order valence-corrected chi connectivity index (χ0v) is 15.9. The van der Waals surface area contributed by atoms with Crippen molar-refractivity contribution in [1.29, 1.82) is 5.26 Å². The lowest BCUT2D eigenvalue weighted by atomic mass is 10.1. The van der Waals surface area contributed by atoms with E-state index in [-0.39, 0.29) is 11.5 Å². The molecule has 0 bridgehead atoms. The fourth-order valence-corrected chi connectivity index (χ4v) is 4.17. The Kier molecular flexibility index (Phi) is 5.63. The zero-order chi connectivity index (χ0) is 19.4. The second kappa shape index (κ2) is 8.11. The van der Waals surface area contributed by atoms with E-state index >= 15 is 0 Å². The molecule has 0 saturated carbocycles. The molecule has 0 unspecified atom stereocenters. The number of benzene rings is 2. The second-order valence-corrected chi connectivity index (χ2v) is 7.37. The van der Waals surface area contributed by atoms with Crippen LogP contribution in [0.25, 0.3) is 0 Å². The summed E-state index contributed by atoms with van der Waals surface area (Å²) in [5.41, 5.74) is 2.79. The lowest BCUT2D eigenvalue weighted by Gasteiger charge is -2.18. The Morgan fingerprint density at radius 2 is 1.85 bits per heavy atom. The molecule has 6 heteroatoms. The summed E-state index contributed by atoms with van der Waals surface area (Å²) in [6.07, 6.45) is 0.531. The Morgan fingerprint density at radius 1 is 1.19 bits per heavy atom. The molecule has 1 fully saturated rings. The lowest BCUT2D eigenvalue weighted by Crippen LogP contribution is -2.31. The monoisotopic (exact) mass is 377 g/mol. The predicted octanol–water partition coefficient (Wildman–Crippen LogP) is 3.17. The van der Waals surface area contributed by atoms with E-state index in [2.05, 4.69) is 5.32 Å². The van der Waals surface area contributed by atoms with E-state index in [0.29, 0.717) is 17.1 Å². The van der Waals surface area contributed by atoms with E-state index in [1.807, 2.05) is 55.5 Å². The van der Waals surface area contributed by atoms with Crippen LogP contribution in [0.15, 0.2) is 65.2 Å². The van der Waals surface area contributed by atoms with Gasteiger partial charge < -0.3 is 5.32 Å². The van der Waals surface area contributed by atoms with Crippen LogP contribution >= 0.6 is 11.8 Å². The van der Waals surface area contributed by atoms with Crippen molar-refractivity contribution < 1.29 is 9.59 Å². The van der Waals surface area contributed by atoms with Gasteiger partial charge in [0.25, 0.3) is 5.91 Å². The van der Waals surface area contributed by atoms with Gasteiger partial charge in [0.05, 0.1) is 5.25 Å². The van der Waals surface area contributed by atoms with Gasteiger partial charge in [0.15, 0.2) is 0 Å². The molecule has 0 radical (unpaired) electrons. The van der Waals surface area contributed by atoms with Gasteiger partial charge in [-0.25, -0.2) is 0 Å². The molecule has 1 aliphatic heterocycles. The molecule has 27 heavy (non-hydrogen) atoms. The molecule has 1 atom stereocenters. The van der Waals surface area contributed by atoms with Crippen LogP contribution in [0, 0.1) is 18.3 Å². The minimum atomic E-state index is -0.496. The van der Waals surface area contributed by atoms with Crippen molar-refractivity contribution in [2.75, 3.05) is 11.9 Å². The fourth-order valence-electron chi connectivity index (χ4n) is 2.86. The highest BCUT2D eigenvalue weighted by Crippen LogP contribution is 2.41. The van der Waals surface area contributed by atoms with Crippen molar-refractivity contribution in [1.82, 2.24) is 5.32 Å². The second-order valence-electron chi connectivity index (χ2n) is 6.18. The molecule has 0 aliphatic carbocycles. The van der Waals surface area contributed by atoms with Crippen molar-refractivity contribution in [3.05, 3.63) is 76.3 Å². The average Bonchev–Trinajstić information content (AvgIpc) is 3.00. The molecule has 1 heterocycles. The van der Waals surface area contributed by atoms with Gasteiger partial charge >= 0.3 is 0 Å². The summed E-state index contributed by atoms with van der Waals surface area (Å²) in [6.45, 7) is 2.01. The van der Waals surface area contributed by atoms with Gasteiger partial charge in [-0.05, 0) is 31.0 Å². The molecular weight excluding hydrogens is 358 g/mol. The minimum Gasteiger partial charge on any atom is -0.354 e. The first-order valence-electron chi connectivity index (χ1n) is 8.53. The number of nitriles is 1. The van der Waals surface area contributed by atoms with E-state index in [1.165, 1.54) is 23.7 Å². The number of carbonyl (C=O) groups is 2. The van der Waals surface area contributed by atoms with Crippen LogP contribution in [-0.2, 0) is 16.0 Å². The number of likely N-dealkylation sites (N-methyl/N-ethyl adjacent to an activating group) is 1. The Labute approximate surface area is 162 Å². The summed E-state index contributed by atoms with van der Waals surface area (Å²) in [5, 5.41) is 12.0. The van der Waals surface area contributed by atoms with Crippen LogP contribution in [0.5, 0.6) is 0 Å². The molecule has 2 aromatic rings. The molecule has 2 amide bonds. The topological polar surface area (TPSA) is 73.2 Å². The number of anilines is 1. The van der Waals surface area contributed by atoms with Crippen molar-refractivity contribution >= 4 is 29.3 Å². The number of aryl methyl sites for hydroxylation is 1. The van der Waals surface area contributed by atoms with E-state index in [4.69, 9.17) is 0 Å². The van der Waals surface area contributed by atoms with Crippen molar-refractivity contribution in [3.63, 3.8) is 0 Å². The summed E-state index contributed by atoms with van der Waals surface area (Å²) >= 11 is 1.27. The van der Waals surface area contributed by atoms with Gasteiger partial charge in [-0.3, -0.25) is 14.5 Å². The average molecular weight is 377 g/mol. The molecule has 1 N–H and O–H groups in total. The van der Waals surface area contributed by atoms with Gasteiger partial charge in [-0.1, -0.05) is 59.8 Å². The van der Waals surface area contributed by atoms with Crippen molar-refractivity contribution in [2.45, 2.75) is 18.6 Å². The fraction of sp³-hybridized carbons (Fsp3) is 0.190. The van der Waals surface area contributed by atoms with Crippen molar-refractivity contribution in [2.24, 2.45) is 0 Å². The number of hydrogen-bond acceptors (Lipinski definition) is 4. The quantitative estimate of drug-likeness (QED) is 0.656. The van der Waals surface area contributed by atoms with Crippen LogP contribution in [-0.4, -0.2) is 24.1 Å². The highest BCUT2D eigenvalue weighted by Gasteiger charge is 2.40. The van der Waals surface area contributed by atoms with E-state index in [0.717, 1.165) is 11.1 Å². The smallest absolute Gasteiger partial charge is 0.264 e. The number of amides is 2. The van der Waals surface area contributed by atoms with Crippen LogP contribution in [0.2, 0.25) is 0 Å². The van der Waals surface area contributed by atoms with E-state index in [9.17, 15) is 14.9 Å². The van der Waals surface area contributed by atoms with Crippen LogP contribution < -0.4 is 10.2 Å². The van der Waals surface area contributed by atoms with Gasteiger partial charge in [0, 0.05) is 12.7 Å². The number of rotatable bonds is 4. The van der Waals surface area contributed by atoms with E-state index in [1.54, 1.807) is 12.1 Å². The van der Waals surface area contributed by atoms with Gasteiger partial charge in [0.1, 0.15) is 16.7 Å². The summed E-state index contributed by atoms with van der Waals surface area (Å²) in [6, 6.07) is 19.1. The third-order valence-corrected chi connectivity index (χ3v) is 5.55. The third kappa shape index (κ3) is 3.88. The highest BCUT2D eigenvalue weighted by atomic mass is 32.2.